The van der Waals surface area contributed by atoms with Gasteiger partial charge in [0.25, 0.3) is 0 Å². The molecule has 1 atom stereocenters. The molecule has 1 N–H and O–H groups in total. The predicted molar refractivity (Wildman–Crippen MR) is 62.1 cm³/mol. The molecule has 0 aromatic heterocycles. The van der Waals surface area contributed by atoms with Crippen LogP contribution in [0.25, 0.3) is 0 Å². The minimum absolute atomic E-state index is 0.379. The Bertz CT molecular complexity index is 381. The highest BCUT2D eigenvalue weighted by Gasteiger charge is 2.33. The van der Waals surface area contributed by atoms with Gasteiger partial charge in [-0.05, 0) is 31.9 Å². The minimum Gasteiger partial charge on any atom is -0.491 e. The second kappa shape index (κ2) is 4.54. The smallest absolute Gasteiger partial charge is 0.138 e. The molecule has 1 aromatic carbocycles. The number of benzene rings is 1. The maximum atomic E-state index is 9.15. The molecular weight excluding hydrogens is 200 g/mol. The summed E-state index contributed by atoms with van der Waals surface area (Å²) in [5, 5.41) is 12.4. The number of ether oxygens (including phenoxy) is 1. The topological polar surface area (TPSA) is 45.0 Å². The van der Waals surface area contributed by atoms with Gasteiger partial charge in [-0.25, -0.2) is 0 Å². The zero-order chi connectivity index (χ0) is 11.4. The number of hydrogen-bond donors (Lipinski definition) is 1. The highest BCUT2D eigenvalue weighted by Crippen LogP contribution is 2.22. The molecule has 16 heavy (non-hydrogen) atoms. The number of para-hydroxylation sites is 1. The lowest BCUT2D eigenvalue weighted by Gasteiger charge is -2.23. The SMILES string of the molecule is CC(C#N)(COc1ccccc1)NC1CC1. The van der Waals surface area contributed by atoms with Gasteiger partial charge < -0.3 is 4.74 Å². The van der Waals surface area contributed by atoms with Gasteiger partial charge in [-0.1, -0.05) is 18.2 Å². The van der Waals surface area contributed by atoms with E-state index in [1.807, 2.05) is 37.3 Å². The average Bonchev–Trinajstić information content (AvgIpc) is 3.12. The first-order chi connectivity index (χ1) is 7.72. The summed E-state index contributed by atoms with van der Waals surface area (Å²) in [6.07, 6.45) is 2.34. The number of nitriles is 1. The predicted octanol–water partition coefficient (Wildman–Crippen LogP) is 2.10. The Labute approximate surface area is 96.0 Å². The molecule has 3 nitrogen and oxygen atoms in total. The standard InChI is InChI=1S/C13H16N2O/c1-13(9-14,15-11-7-8-11)10-16-12-5-3-2-4-6-12/h2-6,11,15H,7-8,10H2,1H3. The lowest BCUT2D eigenvalue weighted by molar-refractivity contribution is 0.232. The summed E-state index contributed by atoms with van der Waals surface area (Å²) >= 11 is 0. The average molecular weight is 216 g/mol. The summed E-state index contributed by atoms with van der Waals surface area (Å²) in [7, 11) is 0. The van der Waals surface area contributed by atoms with Crippen LogP contribution in [-0.4, -0.2) is 18.2 Å². The molecule has 1 aliphatic rings. The van der Waals surface area contributed by atoms with Crippen LogP contribution in [0.5, 0.6) is 5.75 Å². The number of rotatable bonds is 5. The van der Waals surface area contributed by atoms with E-state index in [1.165, 1.54) is 12.8 Å². The molecule has 0 bridgehead atoms. The molecule has 0 aliphatic heterocycles. The van der Waals surface area contributed by atoms with Crippen molar-refractivity contribution in [2.45, 2.75) is 31.3 Å². The van der Waals surface area contributed by atoms with Crippen molar-refractivity contribution in [2.75, 3.05) is 6.61 Å². The summed E-state index contributed by atoms with van der Waals surface area (Å²) in [4.78, 5) is 0. The van der Waals surface area contributed by atoms with E-state index in [0.29, 0.717) is 12.6 Å². The minimum atomic E-state index is -0.586. The van der Waals surface area contributed by atoms with Crippen LogP contribution in [0.15, 0.2) is 30.3 Å². The normalized spacial score (nSPS) is 18.5. The molecule has 3 heteroatoms. The first-order valence-corrected chi connectivity index (χ1v) is 5.59. The highest BCUT2D eigenvalue weighted by atomic mass is 16.5. The van der Waals surface area contributed by atoms with E-state index < -0.39 is 5.54 Å². The highest BCUT2D eigenvalue weighted by molar-refractivity contribution is 5.21. The molecule has 2 rings (SSSR count). The van der Waals surface area contributed by atoms with Crippen LogP contribution in [0.2, 0.25) is 0 Å². The zero-order valence-corrected chi connectivity index (χ0v) is 9.44. The molecule has 1 fully saturated rings. The Morgan fingerprint density at radius 1 is 1.44 bits per heavy atom. The van der Waals surface area contributed by atoms with Crippen LogP contribution < -0.4 is 10.1 Å². The Hall–Kier alpha value is -1.53. The van der Waals surface area contributed by atoms with Gasteiger partial charge in [-0.15, -0.1) is 0 Å². The van der Waals surface area contributed by atoms with Crippen LogP contribution in [0.4, 0.5) is 0 Å². The van der Waals surface area contributed by atoms with E-state index in [4.69, 9.17) is 10.00 Å². The van der Waals surface area contributed by atoms with Gasteiger partial charge in [0.05, 0.1) is 6.07 Å². The van der Waals surface area contributed by atoms with Gasteiger partial charge in [0, 0.05) is 6.04 Å². The van der Waals surface area contributed by atoms with Gasteiger partial charge >= 0.3 is 0 Å². The van der Waals surface area contributed by atoms with Gasteiger partial charge in [-0.2, -0.15) is 5.26 Å². The van der Waals surface area contributed by atoms with Crippen LogP contribution in [0.1, 0.15) is 19.8 Å². The Balaban J connectivity index is 1.89. The van der Waals surface area contributed by atoms with Crippen LogP contribution in [0.3, 0.4) is 0 Å². The lowest BCUT2D eigenvalue weighted by atomic mass is 10.1. The number of nitrogens with zero attached hydrogens (tertiary/aromatic N) is 1. The third-order valence-corrected chi connectivity index (χ3v) is 2.62. The molecule has 0 amide bonds. The summed E-state index contributed by atoms with van der Waals surface area (Å²) < 4.78 is 5.61. The van der Waals surface area contributed by atoms with Crippen molar-refractivity contribution in [3.8, 4) is 11.8 Å². The van der Waals surface area contributed by atoms with Crippen molar-refractivity contribution in [1.29, 1.82) is 5.26 Å². The third-order valence-electron chi connectivity index (χ3n) is 2.62. The maximum Gasteiger partial charge on any atom is 0.138 e. The van der Waals surface area contributed by atoms with Gasteiger partial charge in [0.1, 0.15) is 17.9 Å². The van der Waals surface area contributed by atoms with Crippen molar-refractivity contribution < 1.29 is 4.74 Å². The molecule has 1 aromatic rings. The maximum absolute atomic E-state index is 9.15. The van der Waals surface area contributed by atoms with E-state index in [-0.39, 0.29) is 0 Å². The van der Waals surface area contributed by atoms with Gasteiger partial charge in [0.2, 0.25) is 0 Å². The first-order valence-electron chi connectivity index (χ1n) is 5.59. The fourth-order valence-electron chi connectivity index (χ4n) is 1.53. The molecule has 1 aliphatic carbocycles. The molecule has 0 saturated heterocycles. The fourth-order valence-corrected chi connectivity index (χ4v) is 1.53. The molecule has 0 spiro atoms. The van der Waals surface area contributed by atoms with Crippen molar-refractivity contribution >= 4 is 0 Å². The Kier molecular flexibility index (Phi) is 3.12. The summed E-state index contributed by atoms with van der Waals surface area (Å²) in [6, 6.07) is 12.4. The quantitative estimate of drug-likeness (QED) is 0.819. The van der Waals surface area contributed by atoms with Crippen LogP contribution >= 0.6 is 0 Å². The lowest BCUT2D eigenvalue weighted by Crippen LogP contribution is -2.47. The van der Waals surface area contributed by atoms with E-state index in [9.17, 15) is 0 Å². The summed E-state index contributed by atoms with van der Waals surface area (Å²) in [6.45, 7) is 2.26. The van der Waals surface area contributed by atoms with E-state index in [2.05, 4.69) is 11.4 Å². The van der Waals surface area contributed by atoms with Crippen molar-refractivity contribution in [3.05, 3.63) is 30.3 Å². The number of nitrogens with one attached hydrogen (secondary N) is 1. The first kappa shape index (κ1) is 11.0. The monoisotopic (exact) mass is 216 g/mol. The Morgan fingerprint density at radius 3 is 2.69 bits per heavy atom. The molecule has 0 radical (unpaired) electrons. The zero-order valence-electron chi connectivity index (χ0n) is 9.44. The fraction of sp³-hybridized carbons (Fsp3) is 0.462. The molecular formula is C13H16N2O. The molecule has 84 valence electrons. The van der Waals surface area contributed by atoms with E-state index in [1.54, 1.807) is 0 Å². The third kappa shape index (κ3) is 2.98. The van der Waals surface area contributed by atoms with Gasteiger partial charge in [-0.3, -0.25) is 5.32 Å². The van der Waals surface area contributed by atoms with Crippen LogP contribution in [0, 0.1) is 11.3 Å². The summed E-state index contributed by atoms with van der Waals surface area (Å²) in [5.41, 5.74) is -0.586. The van der Waals surface area contributed by atoms with Crippen LogP contribution in [-0.2, 0) is 0 Å². The van der Waals surface area contributed by atoms with Gasteiger partial charge in [0.15, 0.2) is 0 Å². The molecule has 1 unspecified atom stereocenters. The summed E-state index contributed by atoms with van der Waals surface area (Å²) in [5.74, 6) is 0.807. The Morgan fingerprint density at radius 2 is 2.12 bits per heavy atom. The molecule has 1 saturated carbocycles. The largest absolute Gasteiger partial charge is 0.491 e. The second-order valence-corrected chi connectivity index (χ2v) is 4.46. The second-order valence-electron chi connectivity index (χ2n) is 4.46. The molecule has 0 heterocycles. The number of hydrogen-bond acceptors (Lipinski definition) is 3. The van der Waals surface area contributed by atoms with E-state index >= 15 is 0 Å². The van der Waals surface area contributed by atoms with E-state index in [0.717, 1.165) is 5.75 Å². The van der Waals surface area contributed by atoms with Crippen molar-refractivity contribution in [2.24, 2.45) is 0 Å². The van der Waals surface area contributed by atoms with Crippen molar-refractivity contribution in [3.63, 3.8) is 0 Å². The van der Waals surface area contributed by atoms with Crippen molar-refractivity contribution in [1.82, 2.24) is 5.32 Å².